The zero-order valence-corrected chi connectivity index (χ0v) is 29.5. The van der Waals surface area contributed by atoms with Gasteiger partial charge in [-0.3, -0.25) is 0 Å². The molecule has 1 nitrogen and oxygen atoms in total. The van der Waals surface area contributed by atoms with Crippen LogP contribution in [0.1, 0.15) is 29.5 Å². The van der Waals surface area contributed by atoms with Gasteiger partial charge < -0.3 is 4.57 Å². The van der Waals surface area contributed by atoms with E-state index < -0.39 is 0 Å². The maximum absolute atomic E-state index is 2.41. The van der Waals surface area contributed by atoms with Crippen LogP contribution in [0.25, 0.3) is 72.0 Å². The van der Waals surface area contributed by atoms with Crippen LogP contribution in [0.15, 0.2) is 194 Å². The average molecular weight is 666 g/mol. The van der Waals surface area contributed by atoms with Crippen LogP contribution >= 0.6 is 0 Å². The second-order valence-corrected chi connectivity index (χ2v) is 13.8. The van der Waals surface area contributed by atoms with E-state index in [0.29, 0.717) is 0 Å². The van der Waals surface area contributed by atoms with Gasteiger partial charge in [0.2, 0.25) is 0 Å². The first kappa shape index (κ1) is 31.5. The van der Waals surface area contributed by atoms with E-state index >= 15 is 0 Å². The van der Waals surface area contributed by atoms with Crippen LogP contribution < -0.4 is 0 Å². The van der Waals surface area contributed by atoms with Crippen LogP contribution in [0.3, 0.4) is 0 Å². The van der Waals surface area contributed by atoms with Crippen molar-refractivity contribution in [2.75, 3.05) is 0 Å². The first-order valence-corrected chi connectivity index (χ1v) is 18.2. The summed E-state index contributed by atoms with van der Waals surface area (Å²) < 4.78 is 2.38. The smallest absolute Gasteiger partial charge is 0.0541 e. The minimum absolute atomic E-state index is 0.202. The Balaban J connectivity index is 1.12. The molecule has 9 rings (SSSR count). The van der Waals surface area contributed by atoms with Gasteiger partial charge in [0, 0.05) is 22.4 Å². The third-order valence-electron chi connectivity index (χ3n) is 10.7. The van der Waals surface area contributed by atoms with Crippen molar-refractivity contribution in [3.8, 4) is 50.2 Å². The minimum atomic E-state index is 0.202. The summed E-state index contributed by atoms with van der Waals surface area (Å²) in [7, 11) is 0. The van der Waals surface area contributed by atoms with Gasteiger partial charge in [-0.2, -0.15) is 0 Å². The first-order valence-electron chi connectivity index (χ1n) is 18.2. The van der Waals surface area contributed by atoms with Gasteiger partial charge in [-0.05, 0) is 105 Å². The van der Waals surface area contributed by atoms with Crippen molar-refractivity contribution >= 4 is 21.8 Å². The van der Waals surface area contributed by atoms with Gasteiger partial charge in [0.15, 0.2) is 0 Å². The number of benzene rings is 8. The van der Waals surface area contributed by atoms with Gasteiger partial charge in [-0.15, -0.1) is 0 Å². The average Bonchev–Trinajstić information content (AvgIpc) is 3.55. The predicted molar refractivity (Wildman–Crippen MR) is 221 cm³/mol. The number of rotatable bonds is 7. The molecule has 0 amide bonds. The molecule has 0 aliphatic rings. The van der Waals surface area contributed by atoms with Crippen molar-refractivity contribution in [1.29, 1.82) is 0 Å². The fourth-order valence-electron chi connectivity index (χ4n) is 7.96. The second-order valence-electron chi connectivity index (χ2n) is 13.8. The molecule has 0 N–H and O–H groups in total. The normalized spacial score (nSPS) is 12.0. The number of nitrogens with zero attached hydrogens (tertiary/aromatic N) is 1. The molecule has 1 unspecified atom stereocenters. The summed E-state index contributed by atoms with van der Waals surface area (Å²) in [6.07, 6.45) is 0. The molecule has 0 saturated carbocycles. The number of aromatic nitrogens is 1. The third kappa shape index (κ3) is 5.61. The standard InChI is InChI=1S/C51H39N/c1-35-15-9-10-20-43(35)48-33-40(41-30-32-51-49(34-41)47-23-13-14-24-50(47)52(51)42-18-7-4-8-19-42)29-31-44(48)36(2)37-25-27-39(28-26-37)46-22-12-11-21-45(46)38-16-5-3-6-17-38/h3-34,36H,1-2H3. The van der Waals surface area contributed by atoms with Gasteiger partial charge in [-0.25, -0.2) is 0 Å². The van der Waals surface area contributed by atoms with E-state index in [1.165, 1.54) is 88.7 Å². The summed E-state index contributed by atoms with van der Waals surface area (Å²) in [5, 5.41) is 2.53. The maximum atomic E-state index is 2.41. The Labute approximate surface area is 306 Å². The molecule has 0 saturated heterocycles. The highest BCUT2D eigenvalue weighted by Gasteiger charge is 2.19. The lowest BCUT2D eigenvalue weighted by Gasteiger charge is -2.20. The second kappa shape index (κ2) is 13.4. The Morgan fingerprint density at radius 3 is 1.65 bits per heavy atom. The molecule has 0 radical (unpaired) electrons. The molecule has 52 heavy (non-hydrogen) atoms. The van der Waals surface area contributed by atoms with E-state index in [0.717, 1.165) is 0 Å². The summed E-state index contributed by atoms with van der Waals surface area (Å²) in [6.45, 7) is 4.56. The summed E-state index contributed by atoms with van der Waals surface area (Å²) in [5.41, 5.74) is 17.5. The molecule has 0 bridgehead atoms. The zero-order valence-electron chi connectivity index (χ0n) is 29.5. The van der Waals surface area contributed by atoms with Crippen molar-refractivity contribution in [1.82, 2.24) is 4.57 Å². The van der Waals surface area contributed by atoms with Crippen LogP contribution in [0.2, 0.25) is 0 Å². The Bertz CT molecular complexity index is 2680. The van der Waals surface area contributed by atoms with E-state index in [2.05, 4.69) is 213 Å². The summed E-state index contributed by atoms with van der Waals surface area (Å²) >= 11 is 0. The predicted octanol–water partition coefficient (Wildman–Crippen LogP) is 13.9. The molecule has 9 aromatic rings. The fourth-order valence-corrected chi connectivity index (χ4v) is 7.96. The Kier molecular flexibility index (Phi) is 8.10. The summed E-state index contributed by atoms with van der Waals surface area (Å²) in [4.78, 5) is 0. The quantitative estimate of drug-likeness (QED) is 0.160. The Morgan fingerprint density at radius 2 is 0.923 bits per heavy atom. The first-order chi connectivity index (χ1) is 25.6. The molecule has 0 spiro atoms. The van der Waals surface area contributed by atoms with Crippen molar-refractivity contribution < 1.29 is 0 Å². The van der Waals surface area contributed by atoms with Crippen molar-refractivity contribution in [3.05, 3.63) is 211 Å². The Hall–Kier alpha value is -6.44. The van der Waals surface area contributed by atoms with Crippen molar-refractivity contribution in [2.45, 2.75) is 19.8 Å². The third-order valence-corrected chi connectivity index (χ3v) is 10.7. The maximum Gasteiger partial charge on any atom is 0.0541 e. The molecule has 1 heterocycles. The molecule has 0 fully saturated rings. The molecule has 8 aromatic carbocycles. The molecule has 248 valence electrons. The highest BCUT2D eigenvalue weighted by Crippen LogP contribution is 2.40. The number of hydrogen-bond donors (Lipinski definition) is 0. The highest BCUT2D eigenvalue weighted by molar-refractivity contribution is 6.10. The van der Waals surface area contributed by atoms with Crippen molar-refractivity contribution in [2.24, 2.45) is 0 Å². The molecular weight excluding hydrogens is 627 g/mol. The lowest BCUT2D eigenvalue weighted by atomic mass is 9.83. The van der Waals surface area contributed by atoms with Crippen LogP contribution in [0, 0.1) is 6.92 Å². The van der Waals surface area contributed by atoms with Gasteiger partial charge in [0.25, 0.3) is 0 Å². The number of fused-ring (bicyclic) bond motifs is 3. The van der Waals surface area contributed by atoms with Gasteiger partial charge in [-0.1, -0.05) is 165 Å². The van der Waals surface area contributed by atoms with Crippen molar-refractivity contribution in [3.63, 3.8) is 0 Å². The highest BCUT2D eigenvalue weighted by atomic mass is 15.0. The molecule has 0 aliphatic heterocycles. The number of para-hydroxylation sites is 2. The van der Waals surface area contributed by atoms with E-state index in [4.69, 9.17) is 0 Å². The largest absolute Gasteiger partial charge is 0.309 e. The molecular formula is C51H39N. The lowest BCUT2D eigenvalue weighted by molar-refractivity contribution is 0.925. The molecule has 1 heteroatoms. The minimum Gasteiger partial charge on any atom is -0.309 e. The van der Waals surface area contributed by atoms with Gasteiger partial charge >= 0.3 is 0 Å². The van der Waals surface area contributed by atoms with E-state index in [1.807, 2.05) is 0 Å². The lowest BCUT2D eigenvalue weighted by Crippen LogP contribution is -2.00. The van der Waals surface area contributed by atoms with Crippen LogP contribution in [0.5, 0.6) is 0 Å². The molecule has 1 atom stereocenters. The molecule has 0 aliphatic carbocycles. The SMILES string of the molecule is Cc1ccccc1-c1cc(-c2ccc3c(c2)c2ccccc2n3-c2ccccc2)ccc1C(C)c1ccc(-c2ccccc2-c2ccccc2)cc1. The monoisotopic (exact) mass is 665 g/mol. The van der Waals surface area contributed by atoms with Crippen LogP contribution in [-0.4, -0.2) is 4.57 Å². The van der Waals surface area contributed by atoms with Crippen LogP contribution in [0.4, 0.5) is 0 Å². The number of hydrogen-bond acceptors (Lipinski definition) is 0. The van der Waals surface area contributed by atoms with E-state index in [9.17, 15) is 0 Å². The number of aryl methyl sites for hydroxylation is 1. The Morgan fingerprint density at radius 1 is 0.385 bits per heavy atom. The topological polar surface area (TPSA) is 4.93 Å². The summed E-state index contributed by atoms with van der Waals surface area (Å²) in [6, 6.07) is 70.8. The zero-order chi connectivity index (χ0) is 35.0. The summed E-state index contributed by atoms with van der Waals surface area (Å²) in [5.74, 6) is 0.202. The fraction of sp³-hybridized carbons (Fsp3) is 0.0588. The van der Waals surface area contributed by atoms with E-state index in [-0.39, 0.29) is 5.92 Å². The van der Waals surface area contributed by atoms with Gasteiger partial charge in [0.05, 0.1) is 11.0 Å². The van der Waals surface area contributed by atoms with Gasteiger partial charge in [0.1, 0.15) is 0 Å². The van der Waals surface area contributed by atoms with Crippen LogP contribution in [-0.2, 0) is 0 Å². The molecule has 1 aromatic heterocycles. The van der Waals surface area contributed by atoms with E-state index in [1.54, 1.807) is 0 Å².